The van der Waals surface area contributed by atoms with Crippen molar-refractivity contribution in [2.45, 2.75) is 6.04 Å². The fourth-order valence-electron chi connectivity index (χ4n) is 2.00. The molecular weight excluding hydrogens is 254 g/mol. The maximum absolute atomic E-state index is 5.66. The average Bonchev–Trinajstić information content (AvgIpc) is 2.99. The summed E-state index contributed by atoms with van der Waals surface area (Å²) in [6.07, 6.45) is 4.82. The van der Waals surface area contributed by atoms with Crippen LogP contribution in [0.15, 0.2) is 55.1 Å². The van der Waals surface area contributed by atoms with Gasteiger partial charge in [0.2, 0.25) is 0 Å². The lowest BCUT2D eigenvalue weighted by molar-refractivity contribution is 0.581. The van der Waals surface area contributed by atoms with Crippen LogP contribution in [0, 0.1) is 0 Å². The molecule has 0 aliphatic heterocycles. The van der Waals surface area contributed by atoms with Gasteiger partial charge in [-0.05, 0) is 18.2 Å². The Kier molecular flexibility index (Phi) is 3.44. The van der Waals surface area contributed by atoms with Gasteiger partial charge in [0.1, 0.15) is 12.4 Å². The van der Waals surface area contributed by atoms with Gasteiger partial charge in [-0.2, -0.15) is 0 Å². The van der Waals surface area contributed by atoms with Crippen LogP contribution >= 0.6 is 0 Å². The SMILES string of the molecule is NNC(c1ccncn1)c1cnnn1-c1ccccc1. The van der Waals surface area contributed by atoms with Gasteiger partial charge >= 0.3 is 0 Å². The zero-order chi connectivity index (χ0) is 13.8. The summed E-state index contributed by atoms with van der Waals surface area (Å²) >= 11 is 0. The molecule has 0 amide bonds. The minimum absolute atomic E-state index is 0.312. The highest BCUT2D eigenvalue weighted by atomic mass is 15.4. The molecule has 0 saturated heterocycles. The summed E-state index contributed by atoms with van der Waals surface area (Å²) in [7, 11) is 0. The highest BCUT2D eigenvalue weighted by Crippen LogP contribution is 2.20. The summed E-state index contributed by atoms with van der Waals surface area (Å²) < 4.78 is 1.73. The van der Waals surface area contributed by atoms with Crippen molar-refractivity contribution in [2.24, 2.45) is 5.84 Å². The van der Waals surface area contributed by atoms with Gasteiger partial charge in [-0.3, -0.25) is 5.84 Å². The van der Waals surface area contributed by atoms with Crippen molar-refractivity contribution in [1.82, 2.24) is 30.4 Å². The third kappa shape index (κ3) is 2.27. The fourth-order valence-corrected chi connectivity index (χ4v) is 2.00. The standard InChI is InChI=1S/C13H13N7/c14-18-13(11-6-7-15-9-16-11)12-8-17-19-20(12)10-4-2-1-3-5-10/h1-9,13,18H,14H2. The van der Waals surface area contributed by atoms with E-state index in [2.05, 4.69) is 25.7 Å². The second-order valence-corrected chi connectivity index (χ2v) is 4.14. The predicted octanol–water partition coefficient (Wildman–Crippen LogP) is 0.610. The third-order valence-electron chi connectivity index (χ3n) is 2.94. The van der Waals surface area contributed by atoms with Crippen molar-refractivity contribution in [3.63, 3.8) is 0 Å². The van der Waals surface area contributed by atoms with Gasteiger partial charge in [0.25, 0.3) is 0 Å². The molecule has 0 radical (unpaired) electrons. The molecule has 7 heteroatoms. The molecule has 0 spiro atoms. The number of hydrogen-bond donors (Lipinski definition) is 2. The lowest BCUT2D eigenvalue weighted by Gasteiger charge is -2.16. The van der Waals surface area contributed by atoms with Gasteiger partial charge in [-0.1, -0.05) is 23.4 Å². The van der Waals surface area contributed by atoms with E-state index in [1.54, 1.807) is 23.1 Å². The highest BCUT2D eigenvalue weighted by Gasteiger charge is 2.19. The smallest absolute Gasteiger partial charge is 0.115 e. The van der Waals surface area contributed by atoms with E-state index in [4.69, 9.17) is 5.84 Å². The molecule has 20 heavy (non-hydrogen) atoms. The Labute approximate surface area is 115 Å². The van der Waals surface area contributed by atoms with Crippen molar-refractivity contribution < 1.29 is 0 Å². The fraction of sp³-hybridized carbons (Fsp3) is 0.0769. The number of hydrazine groups is 1. The Hall–Kier alpha value is -2.64. The molecule has 1 unspecified atom stereocenters. The van der Waals surface area contributed by atoms with Crippen LogP contribution in [0.5, 0.6) is 0 Å². The molecule has 0 aliphatic rings. The maximum atomic E-state index is 5.66. The van der Waals surface area contributed by atoms with Gasteiger partial charge in [0, 0.05) is 6.20 Å². The minimum atomic E-state index is -0.312. The topological polar surface area (TPSA) is 94.5 Å². The second kappa shape index (κ2) is 5.55. The van der Waals surface area contributed by atoms with Gasteiger partial charge in [0.05, 0.1) is 23.3 Å². The molecule has 0 saturated carbocycles. The first-order valence-corrected chi connectivity index (χ1v) is 6.08. The van der Waals surface area contributed by atoms with Crippen molar-refractivity contribution >= 4 is 0 Å². The molecule has 0 bridgehead atoms. The molecule has 3 rings (SSSR count). The largest absolute Gasteiger partial charge is 0.270 e. The van der Waals surface area contributed by atoms with Crippen LogP contribution in [0.3, 0.4) is 0 Å². The number of rotatable bonds is 4. The summed E-state index contributed by atoms with van der Waals surface area (Å²) in [4.78, 5) is 8.12. The van der Waals surface area contributed by atoms with Crippen molar-refractivity contribution in [2.75, 3.05) is 0 Å². The van der Waals surface area contributed by atoms with Crippen LogP contribution in [-0.2, 0) is 0 Å². The van der Waals surface area contributed by atoms with Crippen molar-refractivity contribution in [1.29, 1.82) is 0 Å². The summed E-state index contributed by atoms with van der Waals surface area (Å²) in [6.45, 7) is 0. The van der Waals surface area contributed by atoms with Gasteiger partial charge in [0.15, 0.2) is 0 Å². The first-order chi connectivity index (χ1) is 9.90. The number of nitrogens with one attached hydrogen (secondary N) is 1. The van der Waals surface area contributed by atoms with E-state index < -0.39 is 0 Å². The number of nitrogens with zero attached hydrogens (tertiary/aromatic N) is 5. The lowest BCUT2D eigenvalue weighted by Crippen LogP contribution is -2.31. The highest BCUT2D eigenvalue weighted by molar-refractivity contribution is 5.33. The second-order valence-electron chi connectivity index (χ2n) is 4.14. The van der Waals surface area contributed by atoms with E-state index >= 15 is 0 Å². The first-order valence-electron chi connectivity index (χ1n) is 6.08. The summed E-state index contributed by atoms with van der Waals surface area (Å²) in [5, 5.41) is 8.08. The molecule has 100 valence electrons. The Morgan fingerprint density at radius 2 is 2.00 bits per heavy atom. The van der Waals surface area contributed by atoms with E-state index in [9.17, 15) is 0 Å². The van der Waals surface area contributed by atoms with Crippen LogP contribution in [0.1, 0.15) is 17.4 Å². The number of hydrogen-bond acceptors (Lipinski definition) is 6. The third-order valence-corrected chi connectivity index (χ3v) is 2.94. The molecule has 3 aromatic rings. The van der Waals surface area contributed by atoms with Crippen LogP contribution < -0.4 is 11.3 Å². The first kappa shape index (κ1) is 12.4. The molecule has 7 nitrogen and oxygen atoms in total. The van der Waals surface area contributed by atoms with Crippen LogP contribution in [0.4, 0.5) is 0 Å². The van der Waals surface area contributed by atoms with Crippen molar-refractivity contribution in [3.8, 4) is 5.69 Å². The summed E-state index contributed by atoms with van der Waals surface area (Å²) in [5.74, 6) is 5.66. The van der Waals surface area contributed by atoms with E-state index in [1.165, 1.54) is 6.33 Å². The van der Waals surface area contributed by atoms with Crippen LogP contribution in [0.25, 0.3) is 5.69 Å². The van der Waals surface area contributed by atoms with Gasteiger partial charge < -0.3 is 0 Å². The Balaban J connectivity index is 2.04. The molecule has 2 heterocycles. The molecular formula is C13H13N7. The average molecular weight is 267 g/mol. The molecule has 0 aliphatic carbocycles. The van der Waals surface area contributed by atoms with E-state index in [-0.39, 0.29) is 6.04 Å². The van der Waals surface area contributed by atoms with Crippen LogP contribution in [-0.4, -0.2) is 25.0 Å². The monoisotopic (exact) mass is 267 g/mol. The lowest BCUT2D eigenvalue weighted by atomic mass is 10.1. The van der Waals surface area contributed by atoms with E-state index in [0.717, 1.165) is 17.1 Å². The van der Waals surface area contributed by atoms with Crippen LogP contribution in [0.2, 0.25) is 0 Å². The summed E-state index contributed by atoms with van der Waals surface area (Å²) in [6, 6.07) is 11.2. The Morgan fingerprint density at radius 1 is 1.15 bits per heavy atom. The predicted molar refractivity (Wildman–Crippen MR) is 72.6 cm³/mol. The summed E-state index contributed by atoms with van der Waals surface area (Å²) in [5.41, 5.74) is 5.21. The minimum Gasteiger partial charge on any atom is -0.270 e. The number of para-hydroxylation sites is 1. The zero-order valence-corrected chi connectivity index (χ0v) is 10.6. The quantitative estimate of drug-likeness (QED) is 0.531. The molecule has 2 aromatic heterocycles. The molecule has 3 N–H and O–H groups in total. The number of aromatic nitrogens is 5. The van der Waals surface area contributed by atoms with E-state index in [0.29, 0.717) is 0 Å². The number of benzene rings is 1. The van der Waals surface area contributed by atoms with Gasteiger partial charge in [-0.25, -0.2) is 20.1 Å². The van der Waals surface area contributed by atoms with Gasteiger partial charge in [-0.15, -0.1) is 5.10 Å². The Morgan fingerprint density at radius 3 is 2.70 bits per heavy atom. The molecule has 0 fully saturated rings. The number of nitrogens with two attached hydrogens (primary N) is 1. The van der Waals surface area contributed by atoms with Crippen molar-refractivity contribution in [3.05, 3.63) is 66.5 Å². The molecule has 1 atom stereocenters. The van der Waals surface area contributed by atoms with E-state index in [1.807, 2.05) is 30.3 Å². The molecule has 1 aromatic carbocycles. The normalized spacial score (nSPS) is 12.2. The Bertz CT molecular complexity index is 665. The zero-order valence-electron chi connectivity index (χ0n) is 10.6. The maximum Gasteiger partial charge on any atom is 0.115 e.